The van der Waals surface area contributed by atoms with Crippen LogP contribution in [-0.4, -0.2) is 27.2 Å². The van der Waals surface area contributed by atoms with E-state index in [2.05, 4.69) is 26.7 Å². The van der Waals surface area contributed by atoms with Crippen molar-refractivity contribution < 1.29 is 27.8 Å². The van der Waals surface area contributed by atoms with Crippen molar-refractivity contribution in [3.63, 3.8) is 0 Å². The molecule has 0 atom stereocenters. The number of benzene rings is 1. The van der Waals surface area contributed by atoms with E-state index in [9.17, 15) is 13.2 Å². The number of carbonyl (C=O) groups is 1. The minimum atomic E-state index is -5.08. The first kappa shape index (κ1) is 22.8. The third-order valence-corrected chi connectivity index (χ3v) is 4.54. The second-order valence-corrected chi connectivity index (χ2v) is 6.92. The van der Waals surface area contributed by atoms with Crippen molar-refractivity contribution in [2.45, 2.75) is 6.18 Å². The Morgan fingerprint density at radius 1 is 0.969 bits per heavy atom. The Balaban J connectivity index is 0.000000360. The van der Waals surface area contributed by atoms with Crippen LogP contribution in [0.4, 0.5) is 24.7 Å². The molecule has 0 bridgehead atoms. The number of hydrogen-bond acceptors (Lipinski definition) is 6. The topological polar surface area (TPSA) is 84.3 Å². The Labute approximate surface area is 185 Å². The van der Waals surface area contributed by atoms with E-state index in [1.807, 2.05) is 60.0 Å². The summed E-state index contributed by atoms with van der Waals surface area (Å²) in [5, 5.41) is 14.5. The molecular formula is C22H16F3N3O3S. The van der Waals surface area contributed by atoms with Gasteiger partial charge in [-0.2, -0.15) is 24.5 Å². The van der Waals surface area contributed by atoms with E-state index in [1.54, 1.807) is 23.7 Å². The number of hydrogen-bond donors (Lipinski definition) is 2. The van der Waals surface area contributed by atoms with Gasteiger partial charge in [0, 0.05) is 23.6 Å². The summed E-state index contributed by atoms with van der Waals surface area (Å²) in [6.07, 6.45) is -1.59. The molecule has 164 valence electrons. The lowest BCUT2D eigenvalue weighted by Crippen LogP contribution is -2.21. The molecule has 3 heterocycles. The van der Waals surface area contributed by atoms with E-state index in [-0.39, 0.29) is 0 Å². The molecule has 2 N–H and O–H groups in total. The first-order valence-corrected chi connectivity index (χ1v) is 10.0. The van der Waals surface area contributed by atoms with Crippen LogP contribution in [0.2, 0.25) is 0 Å². The van der Waals surface area contributed by atoms with Gasteiger partial charge in [-0.3, -0.25) is 0 Å². The van der Waals surface area contributed by atoms with E-state index in [0.717, 1.165) is 28.4 Å². The monoisotopic (exact) mass is 459 g/mol. The molecule has 0 aliphatic rings. The molecule has 3 aromatic heterocycles. The van der Waals surface area contributed by atoms with Gasteiger partial charge >= 0.3 is 12.1 Å². The normalized spacial score (nSPS) is 10.6. The fourth-order valence-electron chi connectivity index (χ4n) is 2.41. The van der Waals surface area contributed by atoms with Gasteiger partial charge in [0.05, 0.1) is 0 Å². The SMILES string of the molecule is O=C(O)C(F)(F)F.c1ccc(Nc2ccc(Oc3ncccc3-c3ccsc3)cc2)nc1. The number of thiophene rings is 1. The fraction of sp³-hybridized carbons (Fsp3) is 0.0455. The molecule has 0 saturated heterocycles. The van der Waals surface area contributed by atoms with E-state index in [1.165, 1.54) is 0 Å². The second-order valence-electron chi connectivity index (χ2n) is 6.14. The molecule has 0 aliphatic carbocycles. The van der Waals surface area contributed by atoms with E-state index in [0.29, 0.717) is 5.88 Å². The van der Waals surface area contributed by atoms with Gasteiger partial charge in [-0.25, -0.2) is 14.8 Å². The second kappa shape index (κ2) is 10.4. The van der Waals surface area contributed by atoms with Crippen LogP contribution in [0.15, 0.2) is 83.8 Å². The molecule has 0 radical (unpaired) electrons. The third-order valence-electron chi connectivity index (χ3n) is 3.85. The highest BCUT2D eigenvalue weighted by Crippen LogP contribution is 2.32. The summed E-state index contributed by atoms with van der Waals surface area (Å²) in [4.78, 5) is 17.5. The van der Waals surface area contributed by atoms with Crippen LogP contribution in [0.25, 0.3) is 11.1 Å². The molecular weight excluding hydrogens is 443 g/mol. The number of nitrogens with zero attached hydrogens (tertiary/aromatic N) is 2. The summed E-state index contributed by atoms with van der Waals surface area (Å²) in [5.41, 5.74) is 3.05. The highest BCUT2D eigenvalue weighted by atomic mass is 32.1. The minimum absolute atomic E-state index is 0.603. The number of alkyl halides is 3. The smallest absolute Gasteiger partial charge is 0.475 e. The van der Waals surface area contributed by atoms with Crippen LogP contribution in [0.5, 0.6) is 11.6 Å². The minimum Gasteiger partial charge on any atom is -0.475 e. The van der Waals surface area contributed by atoms with Crippen LogP contribution >= 0.6 is 11.3 Å². The summed E-state index contributed by atoms with van der Waals surface area (Å²) in [6, 6.07) is 19.5. The van der Waals surface area contributed by atoms with Gasteiger partial charge in [-0.05, 0) is 70.9 Å². The summed E-state index contributed by atoms with van der Waals surface area (Å²) < 4.78 is 37.7. The zero-order valence-electron chi connectivity index (χ0n) is 16.3. The predicted molar refractivity (Wildman–Crippen MR) is 115 cm³/mol. The summed E-state index contributed by atoms with van der Waals surface area (Å²) in [7, 11) is 0. The van der Waals surface area contributed by atoms with Crippen molar-refractivity contribution in [2.75, 3.05) is 5.32 Å². The zero-order valence-corrected chi connectivity index (χ0v) is 17.1. The average Bonchev–Trinajstić information content (AvgIpc) is 3.31. The Kier molecular flexibility index (Phi) is 7.40. The Morgan fingerprint density at radius 2 is 1.69 bits per heavy atom. The maximum Gasteiger partial charge on any atom is 0.490 e. The average molecular weight is 459 g/mol. The number of anilines is 2. The number of nitrogens with one attached hydrogen (secondary N) is 1. The van der Waals surface area contributed by atoms with Crippen LogP contribution in [0.3, 0.4) is 0 Å². The number of carboxylic acid groups (broad SMARTS) is 1. The summed E-state index contributed by atoms with van der Waals surface area (Å²) >= 11 is 1.65. The molecule has 0 amide bonds. The van der Waals surface area contributed by atoms with Crippen molar-refractivity contribution in [1.82, 2.24) is 9.97 Å². The molecule has 0 saturated carbocycles. The molecule has 32 heavy (non-hydrogen) atoms. The Bertz CT molecular complexity index is 1140. The van der Waals surface area contributed by atoms with Crippen molar-refractivity contribution in [3.8, 4) is 22.8 Å². The van der Waals surface area contributed by atoms with E-state index >= 15 is 0 Å². The Morgan fingerprint density at radius 3 is 2.28 bits per heavy atom. The molecule has 4 aromatic rings. The summed E-state index contributed by atoms with van der Waals surface area (Å²) in [5.74, 6) is -0.610. The van der Waals surface area contributed by atoms with Crippen LogP contribution in [-0.2, 0) is 4.79 Å². The van der Waals surface area contributed by atoms with E-state index in [4.69, 9.17) is 14.6 Å². The maximum atomic E-state index is 10.6. The molecule has 4 rings (SSSR count). The number of ether oxygens (including phenoxy) is 1. The highest BCUT2D eigenvalue weighted by molar-refractivity contribution is 7.08. The van der Waals surface area contributed by atoms with Crippen molar-refractivity contribution in [1.29, 1.82) is 0 Å². The van der Waals surface area contributed by atoms with Crippen LogP contribution in [0.1, 0.15) is 0 Å². The molecule has 6 nitrogen and oxygen atoms in total. The lowest BCUT2D eigenvalue weighted by molar-refractivity contribution is -0.192. The van der Waals surface area contributed by atoms with Gasteiger partial charge in [0.2, 0.25) is 5.88 Å². The van der Waals surface area contributed by atoms with Crippen LogP contribution < -0.4 is 10.1 Å². The predicted octanol–water partition coefficient (Wildman–Crippen LogP) is 6.37. The standard InChI is InChI=1S/C20H15N3OS.C2HF3O2/c1-2-11-21-19(5-1)23-16-6-8-17(9-7-16)24-20-18(4-3-12-22-20)15-10-13-25-14-15;3-2(4,5)1(6)7/h1-14H,(H,21,23);(H,6,7). The third kappa shape index (κ3) is 6.54. The highest BCUT2D eigenvalue weighted by Gasteiger charge is 2.38. The molecule has 0 spiro atoms. The zero-order chi connectivity index (χ0) is 23.0. The van der Waals surface area contributed by atoms with Gasteiger partial charge < -0.3 is 15.2 Å². The lowest BCUT2D eigenvalue weighted by Gasteiger charge is -2.10. The van der Waals surface area contributed by atoms with Crippen LogP contribution in [0, 0.1) is 0 Å². The van der Waals surface area contributed by atoms with Gasteiger partial charge in [0.25, 0.3) is 0 Å². The largest absolute Gasteiger partial charge is 0.490 e. The number of carboxylic acids is 1. The molecule has 0 fully saturated rings. The van der Waals surface area contributed by atoms with E-state index < -0.39 is 12.1 Å². The number of halogens is 3. The lowest BCUT2D eigenvalue weighted by atomic mass is 10.1. The molecule has 1 aromatic carbocycles. The number of pyridine rings is 2. The van der Waals surface area contributed by atoms with Crippen molar-refractivity contribution in [2.24, 2.45) is 0 Å². The summed E-state index contributed by atoms with van der Waals surface area (Å²) in [6.45, 7) is 0. The number of aromatic nitrogens is 2. The fourth-order valence-corrected chi connectivity index (χ4v) is 3.07. The maximum absolute atomic E-state index is 10.6. The molecule has 0 aliphatic heterocycles. The number of aliphatic carboxylic acids is 1. The van der Waals surface area contributed by atoms with Gasteiger partial charge in [-0.15, -0.1) is 0 Å². The molecule has 10 heteroatoms. The first-order chi connectivity index (χ1) is 15.3. The quantitative estimate of drug-likeness (QED) is 0.361. The van der Waals surface area contributed by atoms with Crippen molar-refractivity contribution in [3.05, 3.63) is 83.8 Å². The Hall–Kier alpha value is -3.92. The van der Waals surface area contributed by atoms with Gasteiger partial charge in [-0.1, -0.05) is 6.07 Å². The van der Waals surface area contributed by atoms with Gasteiger partial charge in [0.1, 0.15) is 11.6 Å². The van der Waals surface area contributed by atoms with Crippen molar-refractivity contribution >= 4 is 28.8 Å². The first-order valence-electron chi connectivity index (χ1n) is 9.06. The van der Waals surface area contributed by atoms with Gasteiger partial charge in [0.15, 0.2) is 0 Å². The molecule has 0 unspecified atom stereocenters. The number of rotatable bonds is 5.